The summed E-state index contributed by atoms with van der Waals surface area (Å²) in [6, 6.07) is 3.11. The van der Waals surface area contributed by atoms with Crippen LogP contribution in [0.3, 0.4) is 0 Å². The maximum atomic E-state index is 10.6. The molecule has 0 aliphatic carbocycles. The molecular weight excluding hydrogens is 132 g/mol. The van der Waals surface area contributed by atoms with Gasteiger partial charge in [0.15, 0.2) is 12.0 Å². The van der Waals surface area contributed by atoms with E-state index in [9.17, 15) is 9.59 Å². The van der Waals surface area contributed by atoms with Gasteiger partial charge in [-0.15, -0.1) is 0 Å². The van der Waals surface area contributed by atoms with Gasteiger partial charge < -0.3 is 4.42 Å². The number of carbonyl (C=O) groups is 2. The summed E-state index contributed by atoms with van der Waals surface area (Å²) in [5, 5.41) is 0. The van der Waals surface area contributed by atoms with Crippen LogP contribution in [0.1, 0.15) is 16.3 Å². The van der Waals surface area contributed by atoms with E-state index in [1.807, 2.05) is 0 Å². The molecule has 0 spiro atoms. The zero-order chi connectivity index (χ0) is 7.56. The summed E-state index contributed by atoms with van der Waals surface area (Å²) >= 11 is 0. The molecule has 0 atom stereocenters. The van der Waals surface area contributed by atoms with Gasteiger partial charge in [-0.3, -0.25) is 9.59 Å². The zero-order valence-electron chi connectivity index (χ0n) is 5.46. The van der Waals surface area contributed by atoms with Gasteiger partial charge in [0.2, 0.25) is 0 Å². The van der Waals surface area contributed by atoms with E-state index in [2.05, 4.69) is 0 Å². The highest BCUT2D eigenvalue weighted by atomic mass is 16.3. The van der Waals surface area contributed by atoms with Gasteiger partial charge >= 0.3 is 0 Å². The lowest BCUT2D eigenvalue weighted by atomic mass is 10.3. The van der Waals surface area contributed by atoms with Gasteiger partial charge in [0, 0.05) is 0 Å². The van der Waals surface area contributed by atoms with Crippen molar-refractivity contribution < 1.29 is 14.0 Å². The van der Waals surface area contributed by atoms with Gasteiger partial charge in [0.05, 0.1) is 0 Å². The number of hydrogen-bond acceptors (Lipinski definition) is 3. The topological polar surface area (TPSA) is 47.3 Å². The van der Waals surface area contributed by atoms with Crippen molar-refractivity contribution in [1.82, 2.24) is 0 Å². The van der Waals surface area contributed by atoms with E-state index in [0.717, 1.165) is 0 Å². The summed E-state index contributed by atoms with van der Waals surface area (Å²) in [6.45, 7) is 1.71. The van der Waals surface area contributed by atoms with Crippen molar-refractivity contribution in [1.29, 1.82) is 0 Å². The molecule has 0 radical (unpaired) electrons. The molecule has 1 heterocycles. The Morgan fingerprint density at radius 2 is 2.30 bits per heavy atom. The second-order valence-corrected chi connectivity index (χ2v) is 1.89. The highest BCUT2D eigenvalue weighted by Crippen LogP contribution is 2.05. The molecule has 0 aromatic carbocycles. The number of hydrogen-bond donors (Lipinski definition) is 0. The van der Waals surface area contributed by atoms with Crippen molar-refractivity contribution in [3.05, 3.63) is 23.7 Å². The van der Waals surface area contributed by atoms with Crippen LogP contribution in [-0.4, -0.2) is 12.1 Å². The second kappa shape index (κ2) is 2.47. The van der Waals surface area contributed by atoms with Crippen molar-refractivity contribution >= 4 is 12.1 Å². The standard InChI is InChI=1S/C7H6O3/c1-5-2-3-7(10-5)6(9)4-8/h2-4H,1H3. The fourth-order valence-electron chi connectivity index (χ4n) is 0.625. The SMILES string of the molecule is Cc1ccc(C(=O)C=O)o1. The summed E-state index contributed by atoms with van der Waals surface area (Å²) in [6.07, 6.45) is 0.234. The molecule has 1 rings (SSSR count). The lowest BCUT2D eigenvalue weighted by Gasteiger charge is -1.82. The first-order valence-electron chi connectivity index (χ1n) is 2.80. The van der Waals surface area contributed by atoms with Crippen molar-refractivity contribution in [3.63, 3.8) is 0 Å². The molecule has 0 saturated heterocycles. The molecule has 0 N–H and O–H groups in total. The maximum Gasteiger partial charge on any atom is 0.260 e. The Kier molecular flexibility index (Phi) is 1.67. The molecule has 0 aliphatic heterocycles. The monoisotopic (exact) mass is 138 g/mol. The van der Waals surface area contributed by atoms with E-state index in [4.69, 9.17) is 4.42 Å². The van der Waals surface area contributed by atoms with Crippen molar-refractivity contribution in [2.24, 2.45) is 0 Å². The molecule has 0 amide bonds. The Bertz CT molecular complexity index is 260. The minimum Gasteiger partial charge on any atom is -0.458 e. The predicted octanol–water partition coefficient (Wildman–Crippen LogP) is 0.970. The van der Waals surface area contributed by atoms with Crippen LogP contribution in [0.5, 0.6) is 0 Å². The summed E-state index contributed by atoms with van der Waals surface area (Å²) in [5.74, 6) is 0.116. The van der Waals surface area contributed by atoms with Gasteiger partial charge in [0.25, 0.3) is 5.78 Å². The molecule has 0 bridgehead atoms. The summed E-state index contributed by atoms with van der Waals surface area (Å²) in [7, 11) is 0. The fraction of sp³-hybridized carbons (Fsp3) is 0.143. The van der Waals surface area contributed by atoms with E-state index in [-0.39, 0.29) is 12.0 Å². The van der Waals surface area contributed by atoms with Crippen LogP contribution < -0.4 is 0 Å². The third-order valence-electron chi connectivity index (χ3n) is 1.09. The Morgan fingerprint density at radius 3 is 2.70 bits per heavy atom. The smallest absolute Gasteiger partial charge is 0.260 e. The first-order valence-corrected chi connectivity index (χ1v) is 2.80. The Morgan fingerprint density at radius 1 is 1.60 bits per heavy atom. The number of rotatable bonds is 2. The molecule has 1 aromatic rings. The van der Waals surface area contributed by atoms with Crippen molar-refractivity contribution in [3.8, 4) is 0 Å². The quantitative estimate of drug-likeness (QED) is 0.347. The summed E-state index contributed by atoms with van der Waals surface area (Å²) in [4.78, 5) is 20.5. The summed E-state index contributed by atoms with van der Waals surface area (Å²) < 4.78 is 4.86. The van der Waals surface area contributed by atoms with Gasteiger partial charge in [0.1, 0.15) is 5.76 Å². The van der Waals surface area contributed by atoms with Crippen LogP contribution in [0.25, 0.3) is 0 Å². The third kappa shape index (κ3) is 1.13. The average molecular weight is 138 g/mol. The largest absolute Gasteiger partial charge is 0.458 e. The Balaban J connectivity index is 2.95. The van der Waals surface area contributed by atoms with E-state index in [0.29, 0.717) is 5.76 Å². The van der Waals surface area contributed by atoms with Crippen LogP contribution in [0.15, 0.2) is 16.5 Å². The Labute approximate surface area is 57.6 Å². The molecule has 1 aromatic heterocycles. The first kappa shape index (κ1) is 6.74. The number of carbonyl (C=O) groups excluding carboxylic acids is 2. The minimum atomic E-state index is -0.617. The second-order valence-electron chi connectivity index (χ2n) is 1.89. The van der Waals surface area contributed by atoms with E-state index in [1.54, 1.807) is 13.0 Å². The van der Waals surface area contributed by atoms with Gasteiger partial charge in [-0.05, 0) is 19.1 Å². The molecule has 52 valence electrons. The number of Topliss-reactive ketones (excluding diaryl/α,β-unsaturated/α-hetero) is 1. The number of aldehydes is 1. The highest BCUT2D eigenvalue weighted by molar-refractivity contribution is 6.32. The molecular formula is C7H6O3. The normalized spacial score (nSPS) is 9.30. The number of ketones is 1. The van der Waals surface area contributed by atoms with Crippen LogP contribution in [-0.2, 0) is 4.79 Å². The third-order valence-corrected chi connectivity index (χ3v) is 1.09. The molecule has 0 saturated carbocycles. The van der Waals surface area contributed by atoms with Crippen LogP contribution in [0, 0.1) is 6.92 Å². The van der Waals surface area contributed by atoms with E-state index < -0.39 is 5.78 Å². The average Bonchev–Trinajstić information content (AvgIpc) is 2.34. The molecule has 0 unspecified atom stereocenters. The van der Waals surface area contributed by atoms with Crippen LogP contribution in [0.2, 0.25) is 0 Å². The van der Waals surface area contributed by atoms with Gasteiger partial charge in [-0.25, -0.2) is 0 Å². The summed E-state index contributed by atoms with van der Waals surface area (Å²) in [5.41, 5.74) is 0. The van der Waals surface area contributed by atoms with Crippen LogP contribution >= 0.6 is 0 Å². The Hall–Kier alpha value is -1.38. The minimum absolute atomic E-state index is 0.104. The zero-order valence-corrected chi connectivity index (χ0v) is 5.46. The molecule has 3 heteroatoms. The van der Waals surface area contributed by atoms with E-state index in [1.165, 1.54) is 6.07 Å². The number of aryl methyl sites for hydroxylation is 1. The highest BCUT2D eigenvalue weighted by Gasteiger charge is 2.06. The van der Waals surface area contributed by atoms with Crippen LogP contribution in [0.4, 0.5) is 0 Å². The molecule has 10 heavy (non-hydrogen) atoms. The lowest BCUT2D eigenvalue weighted by molar-refractivity contribution is -0.104. The predicted molar refractivity (Wildman–Crippen MR) is 33.8 cm³/mol. The molecule has 0 aliphatic rings. The lowest BCUT2D eigenvalue weighted by Crippen LogP contribution is -1.96. The van der Waals surface area contributed by atoms with Gasteiger partial charge in [-0.1, -0.05) is 0 Å². The maximum absolute atomic E-state index is 10.6. The molecule has 3 nitrogen and oxygen atoms in total. The first-order chi connectivity index (χ1) is 4.74. The number of furan rings is 1. The van der Waals surface area contributed by atoms with E-state index >= 15 is 0 Å². The fourth-order valence-corrected chi connectivity index (χ4v) is 0.625. The van der Waals surface area contributed by atoms with Crippen molar-refractivity contribution in [2.45, 2.75) is 6.92 Å². The van der Waals surface area contributed by atoms with Crippen molar-refractivity contribution in [2.75, 3.05) is 0 Å². The van der Waals surface area contributed by atoms with Gasteiger partial charge in [-0.2, -0.15) is 0 Å². The molecule has 0 fully saturated rings.